The highest BCUT2D eigenvalue weighted by atomic mass is 16.5. The summed E-state index contributed by atoms with van der Waals surface area (Å²) in [5, 5.41) is 2.82. The van der Waals surface area contributed by atoms with Crippen LogP contribution in [0.15, 0.2) is 24.3 Å². The van der Waals surface area contributed by atoms with Crippen molar-refractivity contribution in [3.05, 3.63) is 29.8 Å². The first-order valence-electron chi connectivity index (χ1n) is 7.22. The first-order valence-corrected chi connectivity index (χ1v) is 7.22. The van der Waals surface area contributed by atoms with Gasteiger partial charge >= 0.3 is 5.97 Å². The normalized spacial score (nSPS) is 20.5. The summed E-state index contributed by atoms with van der Waals surface area (Å²) in [6.07, 6.45) is 2.70. The lowest BCUT2D eigenvalue weighted by Crippen LogP contribution is -2.33. The number of nitrogens with one attached hydrogen (secondary N) is 1. The van der Waals surface area contributed by atoms with E-state index in [9.17, 15) is 9.59 Å². The number of hydrogen-bond acceptors (Lipinski definition) is 4. The van der Waals surface area contributed by atoms with Crippen LogP contribution in [0.2, 0.25) is 0 Å². The molecule has 0 unspecified atom stereocenters. The number of anilines is 1. The predicted octanol–water partition coefficient (Wildman–Crippen LogP) is 2.62. The van der Waals surface area contributed by atoms with Gasteiger partial charge in [0.2, 0.25) is 5.91 Å². The Balaban J connectivity index is 1.82. The van der Waals surface area contributed by atoms with Crippen molar-refractivity contribution in [3.8, 4) is 0 Å². The van der Waals surface area contributed by atoms with Gasteiger partial charge in [0, 0.05) is 18.7 Å². The quantitative estimate of drug-likeness (QED) is 0.818. The molecule has 0 atom stereocenters. The maximum atomic E-state index is 12.0. The van der Waals surface area contributed by atoms with Crippen LogP contribution in [0.1, 0.15) is 36.5 Å². The van der Waals surface area contributed by atoms with E-state index in [0.29, 0.717) is 29.7 Å². The molecule has 0 aliphatic heterocycles. The minimum absolute atomic E-state index is 0.0306. The van der Waals surface area contributed by atoms with Crippen LogP contribution >= 0.6 is 0 Å². The van der Waals surface area contributed by atoms with Gasteiger partial charge in [0.15, 0.2) is 0 Å². The molecule has 1 saturated carbocycles. The second-order valence-corrected chi connectivity index (χ2v) is 5.24. The van der Waals surface area contributed by atoms with Crippen LogP contribution in [-0.2, 0) is 14.3 Å². The van der Waals surface area contributed by atoms with Crippen molar-refractivity contribution in [2.24, 2.45) is 5.92 Å². The molecule has 0 radical (unpaired) electrons. The molecule has 21 heavy (non-hydrogen) atoms. The van der Waals surface area contributed by atoms with Crippen LogP contribution in [0.3, 0.4) is 0 Å². The molecule has 1 aliphatic carbocycles. The van der Waals surface area contributed by atoms with Crippen LogP contribution in [0.25, 0.3) is 0 Å². The average molecular weight is 291 g/mol. The minimum Gasteiger partial charge on any atom is -0.465 e. The number of rotatable bonds is 6. The molecule has 5 heteroatoms. The van der Waals surface area contributed by atoms with Crippen LogP contribution in [0, 0.1) is 5.92 Å². The molecule has 2 rings (SSSR count). The lowest BCUT2D eigenvalue weighted by Gasteiger charge is -2.34. The Hall–Kier alpha value is -1.88. The van der Waals surface area contributed by atoms with Gasteiger partial charge in [-0.3, -0.25) is 4.79 Å². The maximum absolute atomic E-state index is 12.0. The summed E-state index contributed by atoms with van der Waals surface area (Å²) in [5.41, 5.74) is 1.04. The number of esters is 1. The van der Waals surface area contributed by atoms with E-state index in [4.69, 9.17) is 4.74 Å². The summed E-state index contributed by atoms with van der Waals surface area (Å²) >= 11 is 0. The van der Waals surface area contributed by atoms with E-state index in [1.165, 1.54) is 7.11 Å². The van der Waals surface area contributed by atoms with Crippen molar-refractivity contribution in [2.45, 2.75) is 32.3 Å². The third kappa shape index (κ3) is 4.29. The molecule has 0 saturated heterocycles. The highest BCUT2D eigenvalue weighted by Crippen LogP contribution is 2.32. The zero-order chi connectivity index (χ0) is 15.2. The van der Waals surface area contributed by atoms with Gasteiger partial charge in [-0.1, -0.05) is 6.07 Å². The molecule has 1 aromatic rings. The molecule has 0 heterocycles. The monoisotopic (exact) mass is 291 g/mol. The summed E-state index contributed by atoms with van der Waals surface area (Å²) in [6, 6.07) is 6.75. The third-order valence-electron chi connectivity index (χ3n) is 3.64. The van der Waals surface area contributed by atoms with Crippen LogP contribution in [-0.4, -0.2) is 31.7 Å². The Bertz CT molecular complexity index is 509. The topological polar surface area (TPSA) is 64.6 Å². The number of carbonyl (C=O) groups is 2. The van der Waals surface area contributed by atoms with E-state index in [2.05, 4.69) is 10.1 Å². The molecule has 1 fully saturated rings. The van der Waals surface area contributed by atoms with Gasteiger partial charge in [0.25, 0.3) is 0 Å². The highest BCUT2D eigenvalue weighted by molar-refractivity contribution is 5.94. The molecule has 1 aliphatic rings. The van der Waals surface area contributed by atoms with Gasteiger partial charge in [-0.2, -0.15) is 0 Å². The molecular formula is C16H21NO4. The summed E-state index contributed by atoms with van der Waals surface area (Å²) in [4.78, 5) is 23.4. The maximum Gasteiger partial charge on any atom is 0.337 e. The smallest absolute Gasteiger partial charge is 0.337 e. The molecule has 5 nitrogen and oxygen atoms in total. The fourth-order valence-corrected chi connectivity index (χ4v) is 2.53. The molecule has 0 aromatic heterocycles. The predicted molar refractivity (Wildman–Crippen MR) is 79.2 cm³/mol. The first-order chi connectivity index (χ1) is 10.1. The second kappa shape index (κ2) is 7.22. The highest BCUT2D eigenvalue weighted by Gasteiger charge is 2.31. The largest absolute Gasteiger partial charge is 0.465 e. The Morgan fingerprint density at radius 2 is 2.10 bits per heavy atom. The Morgan fingerprint density at radius 3 is 2.76 bits per heavy atom. The van der Waals surface area contributed by atoms with E-state index in [0.717, 1.165) is 19.4 Å². The lowest BCUT2D eigenvalue weighted by atomic mass is 9.80. The van der Waals surface area contributed by atoms with Crippen molar-refractivity contribution in [1.29, 1.82) is 0 Å². The minimum atomic E-state index is -0.412. The Kier molecular flexibility index (Phi) is 5.33. The van der Waals surface area contributed by atoms with Gasteiger partial charge in [0.05, 0.1) is 18.8 Å². The zero-order valence-electron chi connectivity index (χ0n) is 12.4. The molecule has 0 bridgehead atoms. The van der Waals surface area contributed by atoms with E-state index in [-0.39, 0.29) is 5.91 Å². The van der Waals surface area contributed by atoms with Gasteiger partial charge in [-0.05, 0) is 43.9 Å². The average Bonchev–Trinajstić information content (AvgIpc) is 2.44. The standard InChI is InChI=1S/C16H21NO4/c1-3-21-14-7-11(8-14)9-15(18)17-13-6-4-5-12(10-13)16(19)20-2/h4-6,10-11,14H,3,7-9H2,1-2H3,(H,17,18). The number of carbonyl (C=O) groups excluding carboxylic acids is 2. The molecule has 1 N–H and O–H groups in total. The van der Waals surface area contributed by atoms with Gasteiger partial charge in [-0.15, -0.1) is 0 Å². The fraction of sp³-hybridized carbons (Fsp3) is 0.500. The molecular weight excluding hydrogens is 270 g/mol. The molecule has 1 amide bonds. The van der Waals surface area contributed by atoms with Crippen molar-refractivity contribution < 1.29 is 19.1 Å². The van der Waals surface area contributed by atoms with E-state index >= 15 is 0 Å². The van der Waals surface area contributed by atoms with Crippen molar-refractivity contribution in [3.63, 3.8) is 0 Å². The first kappa shape index (κ1) is 15.5. The second-order valence-electron chi connectivity index (χ2n) is 5.24. The van der Waals surface area contributed by atoms with Gasteiger partial charge < -0.3 is 14.8 Å². The Morgan fingerprint density at radius 1 is 1.33 bits per heavy atom. The van der Waals surface area contributed by atoms with E-state index in [1.807, 2.05) is 6.92 Å². The van der Waals surface area contributed by atoms with Crippen molar-refractivity contribution >= 4 is 17.6 Å². The number of benzene rings is 1. The third-order valence-corrected chi connectivity index (χ3v) is 3.64. The number of hydrogen-bond donors (Lipinski definition) is 1. The van der Waals surface area contributed by atoms with Gasteiger partial charge in [0.1, 0.15) is 0 Å². The van der Waals surface area contributed by atoms with Crippen LogP contribution in [0.5, 0.6) is 0 Å². The fourth-order valence-electron chi connectivity index (χ4n) is 2.53. The summed E-state index contributed by atoms with van der Waals surface area (Å²) in [6.45, 7) is 2.71. The molecule has 0 spiro atoms. The number of methoxy groups -OCH3 is 1. The van der Waals surface area contributed by atoms with Crippen LogP contribution < -0.4 is 5.32 Å². The summed E-state index contributed by atoms with van der Waals surface area (Å²) < 4.78 is 10.1. The summed E-state index contributed by atoms with van der Waals surface area (Å²) in [7, 11) is 1.33. The zero-order valence-corrected chi connectivity index (χ0v) is 12.4. The molecule has 1 aromatic carbocycles. The number of amides is 1. The summed E-state index contributed by atoms with van der Waals surface area (Å²) in [5.74, 6) is -0.0491. The SMILES string of the molecule is CCOC1CC(CC(=O)Nc2cccc(C(=O)OC)c2)C1. The van der Waals surface area contributed by atoms with Crippen LogP contribution in [0.4, 0.5) is 5.69 Å². The van der Waals surface area contributed by atoms with Crippen molar-refractivity contribution in [1.82, 2.24) is 0 Å². The lowest BCUT2D eigenvalue weighted by molar-refractivity contribution is -0.119. The van der Waals surface area contributed by atoms with Crippen molar-refractivity contribution in [2.75, 3.05) is 19.0 Å². The number of ether oxygens (including phenoxy) is 2. The molecule has 114 valence electrons. The Labute approximate surface area is 124 Å². The van der Waals surface area contributed by atoms with E-state index < -0.39 is 5.97 Å². The van der Waals surface area contributed by atoms with E-state index in [1.54, 1.807) is 24.3 Å². The van der Waals surface area contributed by atoms with Gasteiger partial charge in [-0.25, -0.2) is 4.79 Å².